The van der Waals surface area contributed by atoms with Gasteiger partial charge in [0.1, 0.15) is 17.1 Å². The SMILES string of the molecule is CC(C)Cc1ccc(C(C)c2nnc(-c3c(O)cccc3O)o2)cc1. The third-order valence-electron chi connectivity index (χ3n) is 4.17. The molecule has 0 aliphatic rings. The largest absolute Gasteiger partial charge is 0.507 e. The van der Waals surface area contributed by atoms with Crippen molar-refractivity contribution >= 4 is 0 Å². The van der Waals surface area contributed by atoms with Gasteiger partial charge in [0, 0.05) is 0 Å². The van der Waals surface area contributed by atoms with Gasteiger partial charge in [-0.05, 0) is 42.5 Å². The third kappa shape index (κ3) is 3.65. The van der Waals surface area contributed by atoms with Gasteiger partial charge in [-0.2, -0.15) is 0 Å². The zero-order valence-electron chi connectivity index (χ0n) is 14.6. The minimum Gasteiger partial charge on any atom is -0.507 e. The van der Waals surface area contributed by atoms with Gasteiger partial charge in [0.15, 0.2) is 0 Å². The Kier molecular flexibility index (Phi) is 4.74. The number of rotatable bonds is 5. The van der Waals surface area contributed by atoms with Crippen LogP contribution in [0.15, 0.2) is 46.9 Å². The van der Waals surface area contributed by atoms with Crippen LogP contribution in [0.1, 0.15) is 43.7 Å². The topological polar surface area (TPSA) is 79.4 Å². The molecule has 3 aromatic rings. The highest BCUT2D eigenvalue weighted by molar-refractivity contribution is 5.69. The number of phenols is 2. The summed E-state index contributed by atoms with van der Waals surface area (Å²) < 4.78 is 5.70. The molecule has 130 valence electrons. The average molecular weight is 338 g/mol. The Hall–Kier alpha value is -2.82. The molecule has 0 bridgehead atoms. The number of hydrogen-bond donors (Lipinski definition) is 2. The predicted octanol–water partition coefficient (Wildman–Crippen LogP) is 4.50. The number of nitrogens with zero attached hydrogens (tertiary/aromatic N) is 2. The standard InChI is InChI=1S/C20H22N2O3/c1-12(2)11-14-7-9-15(10-8-14)13(3)19-21-22-20(25-19)18-16(23)5-4-6-17(18)24/h4-10,12-13,23-24H,11H2,1-3H3. The van der Waals surface area contributed by atoms with Crippen LogP contribution in [0.2, 0.25) is 0 Å². The maximum absolute atomic E-state index is 9.92. The van der Waals surface area contributed by atoms with E-state index in [4.69, 9.17) is 4.42 Å². The smallest absolute Gasteiger partial charge is 0.255 e. The molecule has 0 amide bonds. The molecule has 0 saturated heterocycles. The normalized spacial score (nSPS) is 12.5. The van der Waals surface area contributed by atoms with Crippen LogP contribution in [0, 0.1) is 5.92 Å². The minimum atomic E-state index is -0.0964. The van der Waals surface area contributed by atoms with Gasteiger partial charge < -0.3 is 14.6 Å². The van der Waals surface area contributed by atoms with E-state index in [1.807, 2.05) is 6.92 Å². The zero-order chi connectivity index (χ0) is 18.0. The fourth-order valence-electron chi connectivity index (χ4n) is 2.81. The maximum atomic E-state index is 9.92. The molecule has 0 fully saturated rings. The van der Waals surface area contributed by atoms with E-state index in [-0.39, 0.29) is 28.9 Å². The van der Waals surface area contributed by atoms with E-state index in [1.54, 1.807) is 6.07 Å². The highest BCUT2D eigenvalue weighted by atomic mass is 16.4. The molecule has 0 aliphatic carbocycles. The van der Waals surface area contributed by atoms with Crippen LogP contribution >= 0.6 is 0 Å². The Morgan fingerprint density at radius 1 is 0.920 bits per heavy atom. The van der Waals surface area contributed by atoms with Gasteiger partial charge in [0.25, 0.3) is 5.89 Å². The molecule has 3 rings (SSSR count). The molecule has 2 N–H and O–H groups in total. The quantitative estimate of drug-likeness (QED) is 0.716. The van der Waals surface area contributed by atoms with Gasteiger partial charge in [0.05, 0.1) is 5.92 Å². The third-order valence-corrected chi connectivity index (χ3v) is 4.17. The maximum Gasteiger partial charge on any atom is 0.255 e. The van der Waals surface area contributed by atoms with E-state index in [0.29, 0.717) is 11.8 Å². The number of phenolic OH excluding ortho intramolecular Hbond substituents is 2. The monoisotopic (exact) mass is 338 g/mol. The summed E-state index contributed by atoms with van der Waals surface area (Å²) in [6.45, 7) is 6.38. The van der Waals surface area contributed by atoms with Crippen molar-refractivity contribution in [3.8, 4) is 23.0 Å². The Morgan fingerprint density at radius 2 is 1.56 bits per heavy atom. The summed E-state index contributed by atoms with van der Waals surface area (Å²) in [6.07, 6.45) is 1.05. The van der Waals surface area contributed by atoms with Crippen molar-refractivity contribution in [3.05, 3.63) is 59.5 Å². The lowest BCUT2D eigenvalue weighted by atomic mass is 9.97. The summed E-state index contributed by atoms with van der Waals surface area (Å²) in [6, 6.07) is 12.9. The Balaban J connectivity index is 1.84. The summed E-state index contributed by atoms with van der Waals surface area (Å²) >= 11 is 0. The molecule has 1 aromatic heterocycles. The first kappa shape index (κ1) is 17.0. The highest BCUT2D eigenvalue weighted by Gasteiger charge is 2.20. The van der Waals surface area contributed by atoms with Crippen LogP contribution < -0.4 is 0 Å². The highest BCUT2D eigenvalue weighted by Crippen LogP contribution is 2.37. The van der Waals surface area contributed by atoms with Gasteiger partial charge in [-0.3, -0.25) is 0 Å². The molecule has 1 heterocycles. The number of benzene rings is 2. The first-order valence-corrected chi connectivity index (χ1v) is 8.39. The molecule has 25 heavy (non-hydrogen) atoms. The van der Waals surface area contributed by atoms with Crippen molar-refractivity contribution in [3.63, 3.8) is 0 Å². The fraction of sp³-hybridized carbons (Fsp3) is 0.300. The van der Waals surface area contributed by atoms with Gasteiger partial charge in [0.2, 0.25) is 5.89 Å². The van der Waals surface area contributed by atoms with Gasteiger partial charge in [-0.1, -0.05) is 44.2 Å². The average Bonchev–Trinajstić information content (AvgIpc) is 3.04. The lowest BCUT2D eigenvalue weighted by molar-refractivity contribution is 0.442. The Labute approximate surface area is 147 Å². The molecule has 0 aliphatic heterocycles. The van der Waals surface area contributed by atoms with Crippen LogP contribution in [0.5, 0.6) is 11.5 Å². The van der Waals surface area contributed by atoms with Crippen LogP contribution in [-0.4, -0.2) is 20.4 Å². The van der Waals surface area contributed by atoms with E-state index in [9.17, 15) is 10.2 Å². The Bertz CT molecular complexity index is 833. The van der Waals surface area contributed by atoms with E-state index in [0.717, 1.165) is 12.0 Å². The molecule has 1 atom stereocenters. The molecular weight excluding hydrogens is 316 g/mol. The molecule has 5 nitrogen and oxygen atoms in total. The van der Waals surface area contributed by atoms with Crippen LogP contribution in [-0.2, 0) is 6.42 Å². The second-order valence-electron chi connectivity index (χ2n) is 6.68. The van der Waals surface area contributed by atoms with Crippen molar-refractivity contribution in [2.75, 3.05) is 0 Å². The van der Waals surface area contributed by atoms with Crippen molar-refractivity contribution in [1.82, 2.24) is 10.2 Å². The van der Waals surface area contributed by atoms with Crippen LogP contribution in [0.25, 0.3) is 11.5 Å². The van der Waals surface area contributed by atoms with Gasteiger partial charge in [-0.15, -0.1) is 10.2 Å². The molecule has 2 aromatic carbocycles. The fourth-order valence-corrected chi connectivity index (χ4v) is 2.81. The van der Waals surface area contributed by atoms with Crippen molar-refractivity contribution in [2.45, 2.75) is 33.1 Å². The van der Waals surface area contributed by atoms with Crippen molar-refractivity contribution in [1.29, 1.82) is 0 Å². The first-order chi connectivity index (χ1) is 12.0. The second kappa shape index (κ2) is 6.97. The lowest BCUT2D eigenvalue weighted by Gasteiger charge is -2.10. The summed E-state index contributed by atoms with van der Waals surface area (Å²) in [5, 5.41) is 27.9. The van der Waals surface area contributed by atoms with Crippen molar-refractivity contribution < 1.29 is 14.6 Å². The predicted molar refractivity (Wildman–Crippen MR) is 95.6 cm³/mol. The van der Waals surface area contributed by atoms with Gasteiger partial charge in [-0.25, -0.2) is 0 Å². The molecule has 0 spiro atoms. The zero-order valence-corrected chi connectivity index (χ0v) is 14.6. The Morgan fingerprint density at radius 3 is 2.16 bits per heavy atom. The molecule has 0 saturated carbocycles. The number of hydrogen-bond acceptors (Lipinski definition) is 5. The van der Waals surface area contributed by atoms with E-state index in [2.05, 4.69) is 48.3 Å². The minimum absolute atomic E-state index is 0.0812. The van der Waals surface area contributed by atoms with Gasteiger partial charge >= 0.3 is 0 Å². The van der Waals surface area contributed by atoms with E-state index >= 15 is 0 Å². The van der Waals surface area contributed by atoms with E-state index in [1.165, 1.54) is 17.7 Å². The number of aromatic nitrogens is 2. The lowest BCUT2D eigenvalue weighted by Crippen LogP contribution is -1.98. The molecule has 1 unspecified atom stereocenters. The van der Waals surface area contributed by atoms with Crippen LogP contribution in [0.4, 0.5) is 0 Å². The summed E-state index contributed by atoms with van der Waals surface area (Å²) in [4.78, 5) is 0. The molecule has 5 heteroatoms. The molecule has 0 radical (unpaired) electrons. The summed E-state index contributed by atoms with van der Waals surface area (Å²) in [5.74, 6) is 0.889. The summed E-state index contributed by atoms with van der Waals surface area (Å²) in [7, 11) is 0. The second-order valence-corrected chi connectivity index (χ2v) is 6.68. The van der Waals surface area contributed by atoms with E-state index < -0.39 is 0 Å². The summed E-state index contributed by atoms with van der Waals surface area (Å²) in [5.41, 5.74) is 2.53. The number of aromatic hydroxyl groups is 2. The van der Waals surface area contributed by atoms with Crippen molar-refractivity contribution in [2.24, 2.45) is 5.92 Å². The molecular formula is C20H22N2O3. The van der Waals surface area contributed by atoms with Crippen LogP contribution in [0.3, 0.4) is 0 Å². The first-order valence-electron chi connectivity index (χ1n) is 8.39.